The topological polar surface area (TPSA) is 38.0 Å². The lowest BCUT2D eigenvalue weighted by Gasteiger charge is -2.06. The number of hydrogen-bond acceptors (Lipinski definition) is 2. The summed E-state index contributed by atoms with van der Waals surface area (Å²) >= 11 is 0. The molecule has 0 aliphatic rings. The highest BCUT2D eigenvalue weighted by Crippen LogP contribution is 2.28. The van der Waals surface area contributed by atoms with Gasteiger partial charge in [-0.2, -0.15) is 5.10 Å². The second-order valence-corrected chi connectivity index (χ2v) is 4.90. The van der Waals surface area contributed by atoms with Crippen molar-refractivity contribution in [3.8, 4) is 11.6 Å². The van der Waals surface area contributed by atoms with Crippen LogP contribution in [0.1, 0.15) is 43.5 Å². The van der Waals surface area contributed by atoms with Crippen molar-refractivity contribution in [2.24, 2.45) is 0 Å². The lowest BCUT2D eigenvalue weighted by molar-refractivity contribution is 0.427. The molecule has 0 bridgehead atoms. The van der Waals surface area contributed by atoms with E-state index in [1.165, 1.54) is 0 Å². The monoisotopic (exact) mass is 258 g/mol. The van der Waals surface area contributed by atoms with Gasteiger partial charge in [-0.3, -0.25) is 0 Å². The van der Waals surface area contributed by atoms with E-state index in [9.17, 15) is 5.11 Å². The molecule has 1 heterocycles. The molecule has 0 unspecified atom stereocenters. The van der Waals surface area contributed by atoms with Gasteiger partial charge in [0.05, 0.1) is 11.4 Å². The van der Waals surface area contributed by atoms with Gasteiger partial charge in [-0.15, -0.1) is 0 Å². The summed E-state index contributed by atoms with van der Waals surface area (Å²) in [6.45, 7) is 6.28. The number of benzene rings is 1. The van der Waals surface area contributed by atoms with E-state index in [0.717, 1.165) is 48.2 Å². The quantitative estimate of drug-likeness (QED) is 0.886. The van der Waals surface area contributed by atoms with E-state index < -0.39 is 0 Å². The fraction of sp³-hybridized carbons (Fsp3) is 0.438. The molecule has 0 fully saturated rings. The van der Waals surface area contributed by atoms with Crippen LogP contribution in [0.4, 0.5) is 0 Å². The fourth-order valence-corrected chi connectivity index (χ4v) is 2.35. The number of nitrogens with zero attached hydrogens (tertiary/aromatic N) is 2. The molecule has 0 aliphatic carbocycles. The molecule has 19 heavy (non-hydrogen) atoms. The van der Waals surface area contributed by atoms with Crippen LogP contribution >= 0.6 is 0 Å². The minimum atomic E-state index is 0.305. The number of aromatic hydroxyl groups is 1. The molecule has 102 valence electrons. The first-order valence-corrected chi connectivity index (χ1v) is 7.04. The molecule has 0 atom stereocenters. The van der Waals surface area contributed by atoms with Crippen LogP contribution in [0.5, 0.6) is 5.88 Å². The maximum Gasteiger partial charge on any atom is 0.217 e. The second-order valence-electron chi connectivity index (χ2n) is 4.90. The minimum absolute atomic E-state index is 0.305. The number of para-hydroxylation sites is 1. The van der Waals surface area contributed by atoms with Gasteiger partial charge in [0.2, 0.25) is 5.88 Å². The Hall–Kier alpha value is -1.77. The zero-order chi connectivity index (χ0) is 13.8. The molecular formula is C16H22N2O. The maximum absolute atomic E-state index is 10.4. The third-order valence-corrected chi connectivity index (χ3v) is 3.50. The van der Waals surface area contributed by atoms with Crippen LogP contribution in [-0.4, -0.2) is 14.9 Å². The third-order valence-electron chi connectivity index (χ3n) is 3.50. The van der Waals surface area contributed by atoms with Gasteiger partial charge in [-0.25, -0.2) is 4.68 Å². The standard InChI is InChI=1S/C16H22N2O/c1-4-6-10-13-14(5-2)17-18(16(13)19)15-11-8-7-9-12(15)3/h7-9,11,19H,4-6,10H2,1-3H3. The summed E-state index contributed by atoms with van der Waals surface area (Å²) in [6.07, 6.45) is 3.96. The first-order valence-electron chi connectivity index (χ1n) is 7.04. The van der Waals surface area contributed by atoms with Crippen LogP contribution in [0.25, 0.3) is 5.69 Å². The third kappa shape index (κ3) is 2.65. The van der Waals surface area contributed by atoms with Crippen molar-refractivity contribution in [1.82, 2.24) is 9.78 Å². The normalized spacial score (nSPS) is 10.9. The van der Waals surface area contributed by atoms with Crippen molar-refractivity contribution in [2.75, 3.05) is 0 Å². The van der Waals surface area contributed by atoms with E-state index in [2.05, 4.69) is 18.9 Å². The van der Waals surface area contributed by atoms with Crippen molar-refractivity contribution in [3.63, 3.8) is 0 Å². The largest absolute Gasteiger partial charge is 0.493 e. The Bertz CT molecular complexity index is 558. The first-order chi connectivity index (χ1) is 9.19. The molecule has 1 aromatic carbocycles. The van der Waals surface area contributed by atoms with E-state index >= 15 is 0 Å². The van der Waals surface area contributed by atoms with Gasteiger partial charge in [0, 0.05) is 5.56 Å². The van der Waals surface area contributed by atoms with E-state index in [1.54, 1.807) is 4.68 Å². The highest BCUT2D eigenvalue weighted by molar-refractivity contribution is 5.45. The van der Waals surface area contributed by atoms with Gasteiger partial charge in [-0.05, 0) is 37.8 Å². The summed E-state index contributed by atoms with van der Waals surface area (Å²) < 4.78 is 1.68. The molecule has 0 aliphatic heterocycles. The molecule has 1 aromatic heterocycles. The minimum Gasteiger partial charge on any atom is -0.493 e. The fourth-order valence-electron chi connectivity index (χ4n) is 2.35. The summed E-state index contributed by atoms with van der Waals surface area (Å²) in [5.41, 5.74) is 4.09. The zero-order valence-electron chi connectivity index (χ0n) is 12.0. The van der Waals surface area contributed by atoms with Gasteiger partial charge < -0.3 is 5.11 Å². The number of aromatic nitrogens is 2. The summed E-state index contributed by atoms with van der Waals surface area (Å²) in [5, 5.41) is 15.0. The Balaban J connectivity index is 2.48. The van der Waals surface area contributed by atoms with Crippen LogP contribution in [0.3, 0.4) is 0 Å². The Labute approximate surface area is 114 Å². The average molecular weight is 258 g/mol. The Morgan fingerprint density at radius 1 is 1.21 bits per heavy atom. The van der Waals surface area contributed by atoms with Crippen LogP contribution in [0.2, 0.25) is 0 Å². The lowest BCUT2D eigenvalue weighted by atomic mass is 10.1. The van der Waals surface area contributed by atoms with Gasteiger partial charge in [0.15, 0.2) is 0 Å². The highest BCUT2D eigenvalue weighted by atomic mass is 16.3. The molecule has 3 nitrogen and oxygen atoms in total. The molecule has 0 spiro atoms. The number of unbranched alkanes of at least 4 members (excludes halogenated alkanes) is 1. The van der Waals surface area contributed by atoms with Crippen molar-refractivity contribution in [2.45, 2.75) is 46.5 Å². The van der Waals surface area contributed by atoms with Crippen molar-refractivity contribution >= 4 is 0 Å². The lowest BCUT2D eigenvalue weighted by Crippen LogP contribution is -1.99. The van der Waals surface area contributed by atoms with Gasteiger partial charge in [0.1, 0.15) is 0 Å². The summed E-state index contributed by atoms with van der Waals surface area (Å²) in [7, 11) is 0. The number of aryl methyl sites for hydroxylation is 2. The molecule has 0 saturated carbocycles. The van der Waals surface area contributed by atoms with Crippen molar-refractivity contribution < 1.29 is 5.11 Å². The zero-order valence-corrected chi connectivity index (χ0v) is 12.0. The van der Waals surface area contributed by atoms with Crippen LogP contribution in [0, 0.1) is 6.92 Å². The van der Waals surface area contributed by atoms with Gasteiger partial charge in [0.25, 0.3) is 0 Å². The molecule has 1 N–H and O–H groups in total. The predicted octanol–water partition coefficient (Wildman–Crippen LogP) is 3.79. The van der Waals surface area contributed by atoms with E-state index in [-0.39, 0.29) is 0 Å². The second kappa shape index (κ2) is 5.91. The SMILES string of the molecule is CCCCc1c(CC)nn(-c2ccccc2C)c1O. The van der Waals surface area contributed by atoms with Crippen molar-refractivity contribution in [1.29, 1.82) is 0 Å². The number of rotatable bonds is 5. The molecule has 0 amide bonds. The molecule has 3 heteroatoms. The van der Waals surface area contributed by atoms with Gasteiger partial charge >= 0.3 is 0 Å². The molecule has 0 saturated heterocycles. The predicted molar refractivity (Wildman–Crippen MR) is 78.0 cm³/mol. The molecular weight excluding hydrogens is 236 g/mol. The Morgan fingerprint density at radius 3 is 2.58 bits per heavy atom. The van der Waals surface area contributed by atoms with Crippen LogP contribution < -0.4 is 0 Å². The average Bonchev–Trinajstić information content (AvgIpc) is 2.73. The highest BCUT2D eigenvalue weighted by Gasteiger charge is 2.17. The summed E-state index contributed by atoms with van der Waals surface area (Å²) in [4.78, 5) is 0. The van der Waals surface area contributed by atoms with Crippen molar-refractivity contribution in [3.05, 3.63) is 41.1 Å². The summed E-state index contributed by atoms with van der Waals surface area (Å²) in [5.74, 6) is 0.305. The van der Waals surface area contributed by atoms with Crippen LogP contribution in [0.15, 0.2) is 24.3 Å². The molecule has 2 aromatic rings. The van der Waals surface area contributed by atoms with Crippen LogP contribution in [-0.2, 0) is 12.8 Å². The van der Waals surface area contributed by atoms with E-state index in [0.29, 0.717) is 5.88 Å². The first kappa shape index (κ1) is 13.7. The molecule has 0 radical (unpaired) electrons. The molecule has 2 rings (SSSR count). The van der Waals surface area contributed by atoms with E-state index in [4.69, 9.17) is 0 Å². The smallest absolute Gasteiger partial charge is 0.217 e. The van der Waals surface area contributed by atoms with E-state index in [1.807, 2.05) is 31.2 Å². The Kier molecular flexibility index (Phi) is 4.25. The van der Waals surface area contributed by atoms with Gasteiger partial charge in [-0.1, -0.05) is 38.5 Å². The summed E-state index contributed by atoms with van der Waals surface area (Å²) in [6, 6.07) is 8.00. The maximum atomic E-state index is 10.4. The Morgan fingerprint density at radius 2 is 1.95 bits per heavy atom. The number of hydrogen-bond donors (Lipinski definition) is 1.